The molecule has 110 valence electrons. The summed E-state index contributed by atoms with van der Waals surface area (Å²) < 4.78 is 35.8. The molecule has 2 N–H and O–H groups in total. The van der Waals surface area contributed by atoms with Crippen molar-refractivity contribution < 1.29 is 56.9 Å². The molecule has 0 saturated carbocycles. The maximum atomic E-state index is 10.5. The van der Waals surface area contributed by atoms with Crippen molar-refractivity contribution in [2.24, 2.45) is 0 Å². The Morgan fingerprint density at radius 3 is 2.09 bits per heavy atom. The van der Waals surface area contributed by atoms with Gasteiger partial charge in [-0.1, -0.05) is 24.3 Å². The van der Waals surface area contributed by atoms with Gasteiger partial charge < -0.3 is 18.9 Å². The summed E-state index contributed by atoms with van der Waals surface area (Å²) in [5.74, 6) is -0.363. The molecule has 6 nitrogen and oxygen atoms in total. The number of hydrogen-bond donors (Lipinski definition) is 2. The first kappa shape index (κ1) is 18.5. The number of aromatic hydroxyl groups is 2. The zero-order chi connectivity index (χ0) is 15.5. The second kappa shape index (κ2) is 7.66. The molecule has 0 aliphatic rings. The summed E-state index contributed by atoms with van der Waals surface area (Å²) in [4.78, 5) is 0. The Labute approximate surface area is 149 Å². The zero-order valence-electron chi connectivity index (χ0n) is 11.6. The minimum absolute atomic E-state index is 0. The van der Waals surface area contributed by atoms with Gasteiger partial charge in [0.15, 0.2) is 0 Å². The van der Waals surface area contributed by atoms with E-state index in [-0.39, 0.29) is 46.8 Å². The van der Waals surface area contributed by atoms with Crippen molar-refractivity contribution in [1.29, 1.82) is 0 Å². The van der Waals surface area contributed by atoms with E-state index in [0.717, 1.165) is 11.6 Å². The van der Waals surface area contributed by atoms with Crippen molar-refractivity contribution in [2.75, 3.05) is 0 Å². The van der Waals surface area contributed by atoms with Crippen LogP contribution in [0.3, 0.4) is 0 Å². The largest absolute Gasteiger partial charge is 1.00 e. The van der Waals surface area contributed by atoms with Crippen LogP contribution in [0.5, 0.6) is 17.2 Å². The summed E-state index contributed by atoms with van der Waals surface area (Å²) in [6.07, 6.45) is 3.28. The second-order valence-electron chi connectivity index (χ2n) is 4.18. The third-order valence-electron chi connectivity index (χ3n) is 2.47. The first-order chi connectivity index (χ1) is 9.82. The molecule has 0 aliphatic heterocycles. The Balaban J connectivity index is 0.00000242. The van der Waals surface area contributed by atoms with Gasteiger partial charge >= 0.3 is 29.6 Å². The van der Waals surface area contributed by atoms with Crippen LogP contribution in [0.15, 0.2) is 42.5 Å². The Morgan fingerprint density at radius 1 is 0.909 bits per heavy atom. The van der Waals surface area contributed by atoms with Gasteiger partial charge in [-0.05, 0) is 35.4 Å². The number of hydrogen-bond acceptors (Lipinski definition) is 6. The van der Waals surface area contributed by atoms with E-state index in [1.807, 2.05) is 0 Å². The SMILES string of the molecule is O=S(=O)([O-])Oc1cc(O)cc(C=Cc2ccc(O)cc2)c1.[Na+]. The van der Waals surface area contributed by atoms with E-state index in [0.29, 0.717) is 5.56 Å². The van der Waals surface area contributed by atoms with Gasteiger partial charge in [-0.15, -0.1) is 0 Å². The first-order valence-electron chi connectivity index (χ1n) is 5.78. The van der Waals surface area contributed by atoms with Crippen LogP contribution < -0.4 is 33.7 Å². The Kier molecular flexibility index (Phi) is 6.46. The van der Waals surface area contributed by atoms with E-state index in [1.165, 1.54) is 24.3 Å². The Morgan fingerprint density at radius 2 is 1.50 bits per heavy atom. The minimum atomic E-state index is -4.90. The van der Waals surface area contributed by atoms with Crippen LogP contribution in [0, 0.1) is 0 Å². The third kappa shape index (κ3) is 6.08. The van der Waals surface area contributed by atoms with Crippen LogP contribution in [0.1, 0.15) is 11.1 Å². The predicted octanol–water partition coefficient (Wildman–Crippen LogP) is -0.889. The molecule has 8 heteroatoms. The average molecular weight is 330 g/mol. The summed E-state index contributed by atoms with van der Waals surface area (Å²) in [7, 11) is -4.90. The smallest absolute Gasteiger partial charge is 0.716 e. The van der Waals surface area contributed by atoms with Crippen LogP contribution in [-0.4, -0.2) is 23.2 Å². The molecule has 0 heterocycles. The normalized spacial score (nSPS) is 11.1. The molecular weight excluding hydrogens is 319 g/mol. The molecule has 0 saturated heterocycles. The summed E-state index contributed by atoms with van der Waals surface area (Å²) in [5.41, 5.74) is 1.23. The molecule has 2 rings (SSSR count). The van der Waals surface area contributed by atoms with E-state index in [2.05, 4.69) is 4.18 Å². The van der Waals surface area contributed by atoms with E-state index >= 15 is 0 Å². The van der Waals surface area contributed by atoms with E-state index < -0.39 is 10.4 Å². The average Bonchev–Trinajstić information content (AvgIpc) is 2.35. The second-order valence-corrected chi connectivity index (χ2v) is 5.16. The molecule has 2 aromatic carbocycles. The van der Waals surface area contributed by atoms with Gasteiger partial charge in [-0.25, -0.2) is 8.42 Å². The fourth-order valence-electron chi connectivity index (χ4n) is 1.65. The fourth-order valence-corrected chi connectivity index (χ4v) is 1.98. The topological polar surface area (TPSA) is 107 Å². The Bertz CT molecular complexity index is 768. The molecule has 0 atom stereocenters. The monoisotopic (exact) mass is 330 g/mol. The number of phenols is 2. The third-order valence-corrected chi connectivity index (χ3v) is 2.87. The van der Waals surface area contributed by atoms with Crippen LogP contribution in [0.25, 0.3) is 12.2 Å². The van der Waals surface area contributed by atoms with Crippen LogP contribution in [0.2, 0.25) is 0 Å². The summed E-state index contributed by atoms with van der Waals surface area (Å²) in [6, 6.07) is 10.1. The van der Waals surface area contributed by atoms with Gasteiger partial charge in [0.05, 0.1) is 0 Å². The molecule has 0 unspecified atom stereocenters. The van der Waals surface area contributed by atoms with Crippen LogP contribution >= 0.6 is 0 Å². The molecule has 0 bridgehead atoms. The minimum Gasteiger partial charge on any atom is -0.716 e. The van der Waals surface area contributed by atoms with Gasteiger partial charge in [0, 0.05) is 6.07 Å². The molecule has 0 aliphatic carbocycles. The van der Waals surface area contributed by atoms with Crippen molar-refractivity contribution in [3.63, 3.8) is 0 Å². The maximum Gasteiger partial charge on any atom is 1.00 e. The van der Waals surface area contributed by atoms with Gasteiger partial charge in [0.25, 0.3) is 10.4 Å². The number of phenolic OH excluding ortho intramolecular Hbond substituents is 2. The van der Waals surface area contributed by atoms with E-state index in [4.69, 9.17) is 5.11 Å². The molecule has 0 spiro atoms. The van der Waals surface area contributed by atoms with Crippen LogP contribution in [-0.2, 0) is 10.4 Å². The van der Waals surface area contributed by atoms with Crippen molar-refractivity contribution in [3.05, 3.63) is 53.6 Å². The molecule has 0 aromatic heterocycles. The molecule has 0 amide bonds. The molecule has 22 heavy (non-hydrogen) atoms. The van der Waals surface area contributed by atoms with Crippen molar-refractivity contribution in [1.82, 2.24) is 0 Å². The van der Waals surface area contributed by atoms with E-state index in [9.17, 15) is 18.1 Å². The molecule has 2 aromatic rings. The van der Waals surface area contributed by atoms with Crippen LogP contribution in [0.4, 0.5) is 0 Å². The molecule has 0 fully saturated rings. The van der Waals surface area contributed by atoms with Gasteiger partial charge in [-0.3, -0.25) is 0 Å². The van der Waals surface area contributed by atoms with Gasteiger partial charge in [-0.2, -0.15) is 0 Å². The van der Waals surface area contributed by atoms with Gasteiger partial charge in [0.2, 0.25) is 0 Å². The Hall–Kier alpha value is -1.51. The maximum absolute atomic E-state index is 10.5. The summed E-state index contributed by atoms with van der Waals surface area (Å²) in [6.45, 7) is 0. The quantitative estimate of drug-likeness (QED) is 0.326. The summed E-state index contributed by atoms with van der Waals surface area (Å²) >= 11 is 0. The predicted molar refractivity (Wildman–Crippen MR) is 75.5 cm³/mol. The summed E-state index contributed by atoms with van der Waals surface area (Å²) in [5, 5.41) is 18.6. The van der Waals surface area contributed by atoms with Crippen molar-refractivity contribution >= 4 is 22.6 Å². The number of benzene rings is 2. The van der Waals surface area contributed by atoms with Crippen molar-refractivity contribution in [3.8, 4) is 17.2 Å². The van der Waals surface area contributed by atoms with E-state index in [1.54, 1.807) is 24.3 Å². The zero-order valence-corrected chi connectivity index (χ0v) is 14.4. The standard InChI is InChI=1S/C14H12O6S.Na/c15-12-5-3-10(4-6-12)1-2-11-7-13(16)9-14(8-11)20-21(17,18)19;/h1-9,15-16H,(H,17,18,19);/q;+1/p-1. The van der Waals surface area contributed by atoms with Crippen molar-refractivity contribution in [2.45, 2.75) is 0 Å². The fraction of sp³-hybridized carbons (Fsp3) is 0. The van der Waals surface area contributed by atoms with Gasteiger partial charge in [0.1, 0.15) is 17.2 Å². The molecular formula is C14H11NaO6S. The molecule has 0 radical (unpaired) electrons. The number of rotatable bonds is 4. The first-order valence-corrected chi connectivity index (χ1v) is 7.12.